The average molecular weight is 272 g/mol. The molecule has 0 saturated carbocycles. The molecule has 3 heteroatoms. The third-order valence-electron chi connectivity index (χ3n) is 4.44. The van der Waals surface area contributed by atoms with Crippen molar-refractivity contribution >= 4 is 17.6 Å². The summed E-state index contributed by atoms with van der Waals surface area (Å²) in [5, 5.41) is 0. The van der Waals surface area contributed by atoms with Gasteiger partial charge in [0.2, 0.25) is 0 Å². The fourth-order valence-electron chi connectivity index (χ4n) is 3.55. The molecule has 0 bridgehead atoms. The molecule has 2 aromatic rings. The van der Waals surface area contributed by atoms with Gasteiger partial charge >= 0.3 is 0 Å². The number of hydrogen-bond donors (Lipinski definition) is 0. The van der Waals surface area contributed by atoms with E-state index in [4.69, 9.17) is 9.47 Å². The van der Waals surface area contributed by atoms with Crippen molar-refractivity contribution in [2.45, 2.75) is 12.8 Å². The average Bonchev–Trinajstić information content (AvgIpc) is 2.54. The van der Waals surface area contributed by atoms with Gasteiger partial charge in [-0.25, -0.2) is 0 Å². The highest BCUT2D eigenvalue weighted by atomic mass is 16.5. The van der Waals surface area contributed by atoms with E-state index in [-0.39, 0.29) is 6.71 Å². The molecule has 2 aliphatic heterocycles. The van der Waals surface area contributed by atoms with E-state index in [0.717, 1.165) is 35.8 Å². The molecule has 0 atom stereocenters. The highest BCUT2D eigenvalue weighted by molar-refractivity contribution is 6.94. The molecule has 0 fully saturated rings. The van der Waals surface area contributed by atoms with E-state index in [9.17, 15) is 0 Å². The fraction of sp³-hybridized carbons (Fsp3) is 0.111. The van der Waals surface area contributed by atoms with Crippen LogP contribution in [0.1, 0.15) is 12.8 Å². The lowest BCUT2D eigenvalue weighted by Crippen LogP contribution is -2.52. The second-order valence-electron chi connectivity index (χ2n) is 5.65. The van der Waals surface area contributed by atoms with Gasteiger partial charge in [0.15, 0.2) is 0 Å². The summed E-state index contributed by atoms with van der Waals surface area (Å²) in [5.41, 5.74) is 3.69. The molecular formula is C18H13BO2. The number of ether oxygens (including phenoxy) is 2. The summed E-state index contributed by atoms with van der Waals surface area (Å²) < 4.78 is 12.2. The van der Waals surface area contributed by atoms with Gasteiger partial charge in [0.05, 0.1) is 0 Å². The molecule has 1 aliphatic carbocycles. The summed E-state index contributed by atoms with van der Waals surface area (Å²) in [6.45, 7) is 0.237. The highest BCUT2D eigenvalue weighted by Gasteiger charge is 2.41. The maximum Gasteiger partial charge on any atom is 0.260 e. The molecule has 0 aromatic heterocycles. The maximum absolute atomic E-state index is 6.11. The van der Waals surface area contributed by atoms with Crippen LogP contribution in [-0.4, -0.2) is 6.71 Å². The van der Waals surface area contributed by atoms with Crippen LogP contribution in [-0.2, 0) is 0 Å². The van der Waals surface area contributed by atoms with E-state index in [2.05, 4.69) is 24.3 Å². The van der Waals surface area contributed by atoms with Crippen molar-refractivity contribution in [3.63, 3.8) is 0 Å². The fourth-order valence-corrected chi connectivity index (χ4v) is 3.55. The molecule has 0 spiro atoms. The van der Waals surface area contributed by atoms with Crippen LogP contribution in [0, 0.1) is 0 Å². The van der Waals surface area contributed by atoms with E-state index < -0.39 is 0 Å². The Bertz CT molecular complexity index is 820. The van der Waals surface area contributed by atoms with Crippen LogP contribution in [0.25, 0.3) is 0 Å². The van der Waals surface area contributed by atoms with Crippen LogP contribution in [0.4, 0.5) is 0 Å². The molecule has 5 rings (SSSR count). The van der Waals surface area contributed by atoms with Crippen molar-refractivity contribution in [1.29, 1.82) is 0 Å². The van der Waals surface area contributed by atoms with Crippen LogP contribution in [0.15, 0.2) is 65.8 Å². The summed E-state index contributed by atoms with van der Waals surface area (Å²) in [6.07, 6.45) is 6.67. The summed E-state index contributed by atoms with van der Waals surface area (Å²) in [7, 11) is 0. The van der Waals surface area contributed by atoms with Gasteiger partial charge < -0.3 is 9.47 Å². The zero-order valence-corrected chi connectivity index (χ0v) is 11.5. The van der Waals surface area contributed by atoms with Crippen molar-refractivity contribution in [2.24, 2.45) is 0 Å². The number of benzene rings is 2. The molecule has 2 nitrogen and oxygen atoms in total. The first-order valence-corrected chi connectivity index (χ1v) is 7.40. The Morgan fingerprint density at radius 2 is 1.52 bits per heavy atom. The van der Waals surface area contributed by atoms with E-state index >= 15 is 0 Å². The maximum atomic E-state index is 6.11. The van der Waals surface area contributed by atoms with Crippen LogP contribution < -0.4 is 20.4 Å². The zero-order valence-electron chi connectivity index (χ0n) is 11.5. The van der Waals surface area contributed by atoms with Crippen molar-refractivity contribution in [3.05, 3.63) is 65.8 Å². The standard InChI is InChI=1S/C18H13BO2/c1-3-8-14-12(6-1)19-13-7-2-4-9-15(13)21-17-11-5-10-16(20-14)18(17)19/h1,3,5-11H,2,4H2. The Labute approximate surface area is 123 Å². The van der Waals surface area contributed by atoms with E-state index in [1.807, 2.05) is 30.3 Å². The number of para-hydroxylation sites is 1. The minimum absolute atomic E-state index is 0.237. The van der Waals surface area contributed by atoms with Crippen molar-refractivity contribution < 1.29 is 9.47 Å². The molecule has 0 N–H and O–H groups in total. The van der Waals surface area contributed by atoms with Crippen molar-refractivity contribution in [2.75, 3.05) is 0 Å². The van der Waals surface area contributed by atoms with Gasteiger partial charge in [0.1, 0.15) is 23.0 Å². The molecule has 100 valence electrons. The molecule has 3 aliphatic rings. The quantitative estimate of drug-likeness (QED) is 0.686. The number of hydrogen-bond acceptors (Lipinski definition) is 2. The summed E-state index contributed by atoms with van der Waals surface area (Å²) in [6, 6.07) is 14.4. The Balaban J connectivity index is 1.84. The molecule has 0 unspecified atom stereocenters. The van der Waals surface area contributed by atoms with Crippen molar-refractivity contribution in [1.82, 2.24) is 0 Å². The van der Waals surface area contributed by atoms with Crippen LogP contribution in [0.2, 0.25) is 0 Å². The second-order valence-corrected chi connectivity index (χ2v) is 5.65. The Morgan fingerprint density at radius 3 is 2.48 bits per heavy atom. The van der Waals surface area contributed by atoms with Gasteiger partial charge in [-0.15, -0.1) is 0 Å². The Morgan fingerprint density at radius 1 is 0.762 bits per heavy atom. The number of rotatable bonds is 0. The largest absolute Gasteiger partial charge is 0.459 e. The van der Waals surface area contributed by atoms with Gasteiger partial charge in [0, 0.05) is 5.46 Å². The SMILES string of the molecule is C1=C2Oc3cccc4c3B(C2=CCC1)c1ccccc1O4. The summed E-state index contributed by atoms with van der Waals surface area (Å²) in [5.74, 6) is 3.83. The molecule has 0 radical (unpaired) electrons. The topological polar surface area (TPSA) is 18.5 Å². The minimum Gasteiger partial charge on any atom is -0.459 e. The molecule has 0 amide bonds. The van der Waals surface area contributed by atoms with E-state index in [0.29, 0.717) is 0 Å². The van der Waals surface area contributed by atoms with Crippen LogP contribution in [0.5, 0.6) is 17.2 Å². The van der Waals surface area contributed by atoms with Crippen LogP contribution >= 0.6 is 0 Å². The Kier molecular flexibility index (Phi) is 2.17. The van der Waals surface area contributed by atoms with Gasteiger partial charge in [0.25, 0.3) is 6.71 Å². The van der Waals surface area contributed by atoms with Crippen LogP contribution in [0.3, 0.4) is 0 Å². The lowest BCUT2D eigenvalue weighted by Gasteiger charge is -2.35. The lowest BCUT2D eigenvalue weighted by molar-refractivity contribution is 0.426. The lowest BCUT2D eigenvalue weighted by atomic mass is 9.33. The van der Waals surface area contributed by atoms with Gasteiger partial charge in [-0.1, -0.05) is 30.3 Å². The first kappa shape index (κ1) is 11.3. The molecule has 0 saturated heterocycles. The highest BCUT2D eigenvalue weighted by Crippen LogP contribution is 2.37. The number of allylic oxidation sites excluding steroid dienone is 3. The van der Waals surface area contributed by atoms with E-state index in [1.165, 1.54) is 16.4 Å². The minimum atomic E-state index is 0.237. The summed E-state index contributed by atoms with van der Waals surface area (Å²) in [4.78, 5) is 0. The second kappa shape index (κ2) is 4.04. The number of fused-ring (bicyclic) bond motifs is 4. The predicted molar refractivity (Wildman–Crippen MR) is 84.0 cm³/mol. The third-order valence-corrected chi connectivity index (χ3v) is 4.44. The monoisotopic (exact) mass is 272 g/mol. The van der Waals surface area contributed by atoms with Gasteiger partial charge in [-0.05, 0) is 48.1 Å². The van der Waals surface area contributed by atoms with Gasteiger partial charge in [-0.2, -0.15) is 0 Å². The molecule has 2 heterocycles. The first-order valence-electron chi connectivity index (χ1n) is 7.40. The zero-order chi connectivity index (χ0) is 13.8. The third kappa shape index (κ3) is 1.49. The van der Waals surface area contributed by atoms with Crippen molar-refractivity contribution in [3.8, 4) is 17.2 Å². The Hall–Kier alpha value is -2.42. The smallest absolute Gasteiger partial charge is 0.260 e. The molecule has 2 aromatic carbocycles. The normalized spacial score (nSPS) is 17.4. The predicted octanol–water partition coefficient (Wildman–Crippen LogP) is 2.94. The van der Waals surface area contributed by atoms with E-state index in [1.54, 1.807) is 0 Å². The first-order chi connectivity index (χ1) is 10.4. The summed E-state index contributed by atoms with van der Waals surface area (Å²) >= 11 is 0. The van der Waals surface area contributed by atoms with Gasteiger partial charge in [-0.3, -0.25) is 0 Å². The molecular weight excluding hydrogens is 259 g/mol. The molecule has 21 heavy (non-hydrogen) atoms.